The van der Waals surface area contributed by atoms with Crippen molar-refractivity contribution in [2.24, 2.45) is 7.05 Å². The zero-order valence-electron chi connectivity index (χ0n) is 9.41. The molecule has 0 spiro atoms. The first-order chi connectivity index (χ1) is 7.20. The molecule has 1 aromatic rings. The molecule has 0 amide bonds. The van der Waals surface area contributed by atoms with Crippen LogP contribution in [0.4, 0.5) is 0 Å². The van der Waals surface area contributed by atoms with Gasteiger partial charge in [-0.05, 0) is 32.4 Å². The summed E-state index contributed by atoms with van der Waals surface area (Å²) in [6.45, 7) is 4.18. The summed E-state index contributed by atoms with van der Waals surface area (Å²) in [6, 6.07) is 2.71. The smallest absolute Gasteiger partial charge is 0.0597 e. The maximum atomic E-state index is 5.95. The van der Waals surface area contributed by atoms with Crippen molar-refractivity contribution < 1.29 is 0 Å². The molecule has 0 radical (unpaired) electrons. The Balaban J connectivity index is 2.05. The van der Waals surface area contributed by atoms with Crippen LogP contribution in [0.1, 0.15) is 24.2 Å². The highest BCUT2D eigenvalue weighted by molar-refractivity contribution is 6.18. The van der Waals surface area contributed by atoms with Gasteiger partial charge in [-0.1, -0.05) is 0 Å². The minimum atomic E-state index is 0.557. The second-order valence-electron chi connectivity index (χ2n) is 4.32. The monoisotopic (exact) mass is 227 g/mol. The predicted molar refractivity (Wildman–Crippen MR) is 62.1 cm³/mol. The minimum absolute atomic E-state index is 0.557. The van der Waals surface area contributed by atoms with Gasteiger partial charge in [0.25, 0.3) is 0 Å². The lowest BCUT2D eigenvalue weighted by Gasteiger charge is -2.22. The fourth-order valence-electron chi connectivity index (χ4n) is 2.30. The highest BCUT2D eigenvalue weighted by Gasteiger charge is 2.24. The molecule has 1 atom stereocenters. The number of likely N-dealkylation sites (tertiary alicyclic amines) is 1. The van der Waals surface area contributed by atoms with Gasteiger partial charge in [-0.25, -0.2) is 0 Å². The molecule has 2 rings (SSSR count). The maximum absolute atomic E-state index is 5.95. The summed E-state index contributed by atoms with van der Waals surface area (Å²) in [5, 5.41) is 4.36. The summed E-state index contributed by atoms with van der Waals surface area (Å²) in [5.41, 5.74) is 2.37. The van der Waals surface area contributed by atoms with Crippen LogP contribution >= 0.6 is 11.6 Å². The zero-order chi connectivity index (χ0) is 10.8. The van der Waals surface area contributed by atoms with E-state index in [1.54, 1.807) is 0 Å². The van der Waals surface area contributed by atoms with Crippen molar-refractivity contribution >= 4 is 11.6 Å². The zero-order valence-corrected chi connectivity index (χ0v) is 10.2. The van der Waals surface area contributed by atoms with Crippen molar-refractivity contribution in [2.75, 3.05) is 12.4 Å². The Morgan fingerprint density at radius 1 is 1.60 bits per heavy atom. The Labute approximate surface area is 96.0 Å². The molecule has 0 bridgehead atoms. The lowest BCUT2D eigenvalue weighted by atomic mass is 10.2. The molecule has 1 aliphatic rings. The SMILES string of the molecule is Cc1cc(CN2CCCC2CCl)n(C)n1. The number of halogens is 1. The third kappa shape index (κ3) is 2.34. The number of aromatic nitrogens is 2. The summed E-state index contributed by atoms with van der Waals surface area (Å²) >= 11 is 5.95. The summed E-state index contributed by atoms with van der Waals surface area (Å²) in [7, 11) is 2.01. The Morgan fingerprint density at radius 3 is 3.00 bits per heavy atom. The topological polar surface area (TPSA) is 21.1 Å². The molecular weight excluding hydrogens is 210 g/mol. The molecule has 1 unspecified atom stereocenters. The van der Waals surface area contributed by atoms with Gasteiger partial charge in [0.1, 0.15) is 0 Å². The number of alkyl halides is 1. The molecule has 3 nitrogen and oxygen atoms in total. The Kier molecular flexibility index (Phi) is 3.32. The van der Waals surface area contributed by atoms with E-state index in [1.165, 1.54) is 25.1 Å². The third-order valence-corrected chi connectivity index (χ3v) is 3.50. The first-order valence-corrected chi connectivity index (χ1v) is 6.03. The van der Waals surface area contributed by atoms with Gasteiger partial charge in [0.15, 0.2) is 0 Å². The van der Waals surface area contributed by atoms with Crippen molar-refractivity contribution in [2.45, 2.75) is 32.4 Å². The van der Waals surface area contributed by atoms with E-state index in [0.717, 1.165) is 18.1 Å². The molecule has 1 aliphatic heterocycles. The van der Waals surface area contributed by atoms with E-state index >= 15 is 0 Å². The molecule has 2 heterocycles. The minimum Gasteiger partial charge on any atom is -0.293 e. The van der Waals surface area contributed by atoms with Gasteiger partial charge in [-0.15, -0.1) is 11.6 Å². The van der Waals surface area contributed by atoms with Gasteiger partial charge in [0.05, 0.1) is 11.4 Å². The van der Waals surface area contributed by atoms with E-state index in [1.807, 2.05) is 18.7 Å². The van der Waals surface area contributed by atoms with Crippen LogP contribution in [0, 0.1) is 6.92 Å². The Morgan fingerprint density at radius 2 is 2.40 bits per heavy atom. The van der Waals surface area contributed by atoms with Gasteiger partial charge in [-0.2, -0.15) is 5.10 Å². The Bertz CT molecular complexity index is 335. The first kappa shape index (κ1) is 11.0. The second kappa shape index (κ2) is 4.54. The van der Waals surface area contributed by atoms with Crippen molar-refractivity contribution in [3.63, 3.8) is 0 Å². The van der Waals surface area contributed by atoms with Gasteiger partial charge in [0, 0.05) is 25.5 Å². The van der Waals surface area contributed by atoms with Crippen LogP contribution in [0.2, 0.25) is 0 Å². The number of rotatable bonds is 3. The van der Waals surface area contributed by atoms with Crippen LogP contribution in [-0.2, 0) is 13.6 Å². The van der Waals surface area contributed by atoms with Crippen molar-refractivity contribution in [3.05, 3.63) is 17.5 Å². The highest BCUT2D eigenvalue weighted by Crippen LogP contribution is 2.20. The van der Waals surface area contributed by atoms with E-state index in [2.05, 4.69) is 16.1 Å². The molecule has 4 heteroatoms. The Hall–Kier alpha value is -0.540. The summed E-state index contributed by atoms with van der Waals surface area (Å²) in [5.74, 6) is 0.747. The molecule has 1 aromatic heterocycles. The van der Waals surface area contributed by atoms with Crippen LogP contribution in [0.3, 0.4) is 0 Å². The largest absolute Gasteiger partial charge is 0.293 e. The highest BCUT2D eigenvalue weighted by atomic mass is 35.5. The van der Waals surface area contributed by atoms with Crippen LogP contribution in [0.25, 0.3) is 0 Å². The van der Waals surface area contributed by atoms with Gasteiger partial charge in [-0.3, -0.25) is 9.58 Å². The van der Waals surface area contributed by atoms with Crippen molar-refractivity contribution in [3.8, 4) is 0 Å². The number of hydrogen-bond donors (Lipinski definition) is 0. The van der Waals surface area contributed by atoms with Crippen molar-refractivity contribution in [1.82, 2.24) is 14.7 Å². The maximum Gasteiger partial charge on any atom is 0.0597 e. The number of hydrogen-bond acceptors (Lipinski definition) is 2. The molecule has 0 saturated carbocycles. The van der Waals surface area contributed by atoms with Crippen LogP contribution in [-0.4, -0.2) is 33.1 Å². The van der Waals surface area contributed by atoms with Crippen LogP contribution < -0.4 is 0 Å². The lowest BCUT2D eigenvalue weighted by molar-refractivity contribution is 0.256. The summed E-state index contributed by atoms with van der Waals surface area (Å²) in [6.07, 6.45) is 2.51. The average molecular weight is 228 g/mol. The molecule has 1 saturated heterocycles. The molecule has 0 aliphatic carbocycles. The van der Waals surface area contributed by atoms with Crippen LogP contribution in [0.5, 0.6) is 0 Å². The van der Waals surface area contributed by atoms with Gasteiger partial charge >= 0.3 is 0 Å². The summed E-state index contributed by atoms with van der Waals surface area (Å²) in [4.78, 5) is 2.46. The molecule has 84 valence electrons. The third-order valence-electron chi connectivity index (χ3n) is 3.14. The average Bonchev–Trinajstić information content (AvgIpc) is 2.74. The predicted octanol–water partition coefficient (Wildman–Crippen LogP) is 1.93. The first-order valence-electron chi connectivity index (χ1n) is 5.50. The van der Waals surface area contributed by atoms with E-state index in [9.17, 15) is 0 Å². The molecule has 0 N–H and O–H groups in total. The van der Waals surface area contributed by atoms with Crippen molar-refractivity contribution in [1.29, 1.82) is 0 Å². The van der Waals surface area contributed by atoms with E-state index in [4.69, 9.17) is 11.6 Å². The molecule has 15 heavy (non-hydrogen) atoms. The molecule has 0 aromatic carbocycles. The normalized spacial score (nSPS) is 22.5. The van der Waals surface area contributed by atoms with Gasteiger partial charge < -0.3 is 0 Å². The lowest BCUT2D eigenvalue weighted by Crippen LogP contribution is -2.30. The van der Waals surface area contributed by atoms with E-state index in [0.29, 0.717) is 6.04 Å². The standard InChI is InChI=1S/C11H18ClN3/c1-9-6-11(14(2)13-9)8-15-5-3-4-10(15)7-12/h6,10H,3-5,7-8H2,1-2H3. The summed E-state index contributed by atoms with van der Waals surface area (Å²) < 4.78 is 1.97. The molecule has 1 fully saturated rings. The fraction of sp³-hybridized carbons (Fsp3) is 0.727. The van der Waals surface area contributed by atoms with Crippen LogP contribution in [0.15, 0.2) is 6.07 Å². The number of nitrogens with zero attached hydrogens (tertiary/aromatic N) is 3. The quantitative estimate of drug-likeness (QED) is 0.736. The second-order valence-corrected chi connectivity index (χ2v) is 4.63. The van der Waals surface area contributed by atoms with E-state index < -0.39 is 0 Å². The molecular formula is C11H18ClN3. The fourth-order valence-corrected chi connectivity index (χ4v) is 2.65. The van der Waals surface area contributed by atoms with E-state index in [-0.39, 0.29) is 0 Å². The number of aryl methyl sites for hydroxylation is 2. The van der Waals surface area contributed by atoms with Gasteiger partial charge in [0.2, 0.25) is 0 Å².